The first-order valence-corrected chi connectivity index (χ1v) is 8.73. The average molecular weight is 319 g/mol. The molecule has 0 aromatic heterocycles. The lowest BCUT2D eigenvalue weighted by Gasteiger charge is -2.28. The van der Waals surface area contributed by atoms with Crippen molar-refractivity contribution in [2.45, 2.75) is 51.0 Å². The standard InChI is InChI=1S/C14H23ClN2O2S/c1-4-6-9-17(11(3)5-2)20(18,19)14-10-12(16)7-8-13(14)15/h7-8,10-11H,4-6,9,16H2,1-3H3. The van der Waals surface area contributed by atoms with Crippen molar-refractivity contribution in [2.24, 2.45) is 0 Å². The molecule has 0 aliphatic heterocycles. The maximum atomic E-state index is 12.8. The number of hydrogen-bond donors (Lipinski definition) is 1. The van der Waals surface area contributed by atoms with Crippen LogP contribution < -0.4 is 5.73 Å². The number of benzene rings is 1. The molecule has 6 heteroatoms. The normalized spacial score (nSPS) is 13.7. The topological polar surface area (TPSA) is 63.4 Å². The van der Waals surface area contributed by atoms with Crippen LogP contribution in [-0.4, -0.2) is 25.3 Å². The van der Waals surface area contributed by atoms with Crippen LogP contribution in [0.5, 0.6) is 0 Å². The van der Waals surface area contributed by atoms with E-state index in [0.717, 1.165) is 19.3 Å². The monoisotopic (exact) mass is 318 g/mol. The fourth-order valence-corrected chi connectivity index (χ4v) is 4.19. The van der Waals surface area contributed by atoms with Crippen LogP contribution in [0.1, 0.15) is 40.0 Å². The van der Waals surface area contributed by atoms with Gasteiger partial charge >= 0.3 is 0 Å². The molecule has 1 rings (SSSR count). The Labute approximate surface area is 127 Å². The van der Waals surface area contributed by atoms with E-state index in [1.165, 1.54) is 16.4 Å². The van der Waals surface area contributed by atoms with Gasteiger partial charge in [0.25, 0.3) is 0 Å². The highest BCUT2D eigenvalue weighted by atomic mass is 35.5. The van der Waals surface area contributed by atoms with Gasteiger partial charge in [0, 0.05) is 18.3 Å². The van der Waals surface area contributed by atoms with Crippen molar-refractivity contribution in [3.05, 3.63) is 23.2 Å². The summed E-state index contributed by atoms with van der Waals surface area (Å²) in [6.45, 7) is 6.42. The van der Waals surface area contributed by atoms with Gasteiger partial charge in [0.1, 0.15) is 4.90 Å². The Morgan fingerprint density at radius 2 is 2.00 bits per heavy atom. The Morgan fingerprint density at radius 3 is 2.55 bits per heavy atom. The third-order valence-corrected chi connectivity index (χ3v) is 5.85. The van der Waals surface area contributed by atoms with Gasteiger partial charge in [0.2, 0.25) is 10.0 Å². The summed E-state index contributed by atoms with van der Waals surface area (Å²) in [5, 5.41) is 0.212. The van der Waals surface area contributed by atoms with Gasteiger partial charge in [-0.1, -0.05) is 31.9 Å². The van der Waals surface area contributed by atoms with E-state index in [1.807, 2.05) is 20.8 Å². The number of nitrogens with two attached hydrogens (primary N) is 1. The van der Waals surface area contributed by atoms with E-state index < -0.39 is 10.0 Å². The van der Waals surface area contributed by atoms with Gasteiger partial charge in [-0.3, -0.25) is 0 Å². The molecule has 0 spiro atoms. The minimum atomic E-state index is -3.62. The highest BCUT2D eigenvalue weighted by Gasteiger charge is 2.29. The Kier molecular flexibility index (Phi) is 6.30. The number of nitrogen functional groups attached to an aromatic ring is 1. The molecular weight excluding hydrogens is 296 g/mol. The molecule has 20 heavy (non-hydrogen) atoms. The molecule has 0 amide bonds. The molecule has 0 heterocycles. The van der Waals surface area contributed by atoms with Crippen molar-refractivity contribution in [3.8, 4) is 0 Å². The van der Waals surface area contributed by atoms with Gasteiger partial charge in [0.05, 0.1) is 5.02 Å². The highest BCUT2D eigenvalue weighted by molar-refractivity contribution is 7.89. The first-order valence-electron chi connectivity index (χ1n) is 6.91. The average Bonchev–Trinajstić information content (AvgIpc) is 2.41. The van der Waals surface area contributed by atoms with Crippen molar-refractivity contribution < 1.29 is 8.42 Å². The summed E-state index contributed by atoms with van der Waals surface area (Å²) >= 11 is 6.05. The molecular formula is C14H23ClN2O2S. The molecule has 1 aromatic rings. The molecule has 0 bridgehead atoms. The quantitative estimate of drug-likeness (QED) is 0.782. The molecule has 0 aliphatic rings. The smallest absolute Gasteiger partial charge is 0.244 e. The van der Waals surface area contributed by atoms with Crippen LogP contribution in [0.25, 0.3) is 0 Å². The van der Waals surface area contributed by atoms with Crippen LogP contribution in [0.2, 0.25) is 5.02 Å². The second-order valence-corrected chi connectivity index (χ2v) is 7.18. The van der Waals surface area contributed by atoms with Gasteiger partial charge in [-0.05, 0) is 38.0 Å². The van der Waals surface area contributed by atoms with E-state index in [4.69, 9.17) is 17.3 Å². The summed E-state index contributed by atoms with van der Waals surface area (Å²) in [5.41, 5.74) is 6.09. The molecule has 114 valence electrons. The van der Waals surface area contributed by atoms with E-state index in [9.17, 15) is 8.42 Å². The summed E-state index contributed by atoms with van der Waals surface area (Å²) in [5.74, 6) is 0. The molecule has 4 nitrogen and oxygen atoms in total. The highest BCUT2D eigenvalue weighted by Crippen LogP contribution is 2.28. The summed E-state index contributed by atoms with van der Waals surface area (Å²) < 4.78 is 27.1. The van der Waals surface area contributed by atoms with Crippen LogP contribution in [0.4, 0.5) is 5.69 Å². The number of halogens is 1. The van der Waals surface area contributed by atoms with Gasteiger partial charge in [-0.25, -0.2) is 8.42 Å². The first kappa shape index (κ1) is 17.3. The number of nitrogens with zero attached hydrogens (tertiary/aromatic N) is 1. The molecule has 0 radical (unpaired) electrons. The second-order valence-electron chi connectivity index (χ2n) is 4.92. The van der Waals surface area contributed by atoms with Crippen molar-refractivity contribution in [2.75, 3.05) is 12.3 Å². The Bertz CT molecular complexity index is 546. The number of sulfonamides is 1. The van der Waals surface area contributed by atoms with Crippen LogP contribution in [0.3, 0.4) is 0 Å². The summed E-state index contributed by atoms with van der Waals surface area (Å²) in [7, 11) is -3.62. The van der Waals surface area contributed by atoms with E-state index in [-0.39, 0.29) is 16.0 Å². The number of anilines is 1. The third-order valence-electron chi connectivity index (χ3n) is 3.36. The predicted octanol–water partition coefficient (Wildman–Crippen LogP) is 3.51. The first-order chi connectivity index (χ1) is 9.34. The van der Waals surface area contributed by atoms with E-state index >= 15 is 0 Å². The zero-order chi connectivity index (χ0) is 15.3. The largest absolute Gasteiger partial charge is 0.399 e. The van der Waals surface area contributed by atoms with Crippen LogP contribution >= 0.6 is 11.6 Å². The van der Waals surface area contributed by atoms with Crippen LogP contribution in [-0.2, 0) is 10.0 Å². The molecule has 2 N–H and O–H groups in total. The Hall–Kier alpha value is -0.780. The second kappa shape index (κ2) is 7.29. The number of unbranched alkanes of at least 4 members (excludes halogenated alkanes) is 1. The van der Waals surface area contributed by atoms with E-state index in [0.29, 0.717) is 12.2 Å². The lowest BCUT2D eigenvalue weighted by atomic mass is 10.2. The van der Waals surface area contributed by atoms with Gasteiger partial charge < -0.3 is 5.73 Å². The number of rotatable bonds is 7. The SMILES string of the molecule is CCCCN(C(C)CC)S(=O)(=O)c1cc(N)ccc1Cl. The van der Waals surface area contributed by atoms with Gasteiger partial charge in [0.15, 0.2) is 0 Å². The maximum Gasteiger partial charge on any atom is 0.244 e. The molecule has 0 fully saturated rings. The Morgan fingerprint density at radius 1 is 1.35 bits per heavy atom. The summed E-state index contributed by atoms with van der Waals surface area (Å²) in [6, 6.07) is 4.49. The van der Waals surface area contributed by atoms with E-state index in [2.05, 4.69) is 0 Å². The van der Waals surface area contributed by atoms with Crippen LogP contribution in [0, 0.1) is 0 Å². The summed E-state index contributed by atoms with van der Waals surface area (Å²) in [6.07, 6.45) is 2.51. The van der Waals surface area contributed by atoms with E-state index in [1.54, 1.807) is 6.07 Å². The zero-order valence-corrected chi connectivity index (χ0v) is 13.8. The molecule has 0 saturated heterocycles. The maximum absolute atomic E-state index is 12.8. The predicted molar refractivity (Wildman–Crippen MR) is 84.4 cm³/mol. The van der Waals surface area contributed by atoms with Crippen molar-refractivity contribution in [1.29, 1.82) is 0 Å². The van der Waals surface area contributed by atoms with Crippen LogP contribution in [0.15, 0.2) is 23.1 Å². The minimum Gasteiger partial charge on any atom is -0.399 e. The molecule has 1 atom stereocenters. The zero-order valence-electron chi connectivity index (χ0n) is 12.3. The molecule has 1 aromatic carbocycles. The lowest BCUT2D eigenvalue weighted by Crippen LogP contribution is -2.39. The van der Waals surface area contributed by atoms with Crippen molar-refractivity contribution >= 4 is 27.3 Å². The van der Waals surface area contributed by atoms with Gasteiger partial charge in [-0.15, -0.1) is 0 Å². The fraction of sp³-hybridized carbons (Fsp3) is 0.571. The van der Waals surface area contributed by atoms with Crippen molar-refractivity contribution in [1.82, 2.24) is 4.31 Å². The van der Waals surface area contributed by atoms with Gasteiger partial charge in [-0.2, -0.15) is 4.31 Å². The number of hydrogen-bond acceptors (Lipinski definition) is 3. The Balaban J connectivity index is 3.24. The molecule has 0 saturated carbocycles. The molecule has 1 unspecified atom stereocenters. The minimum absolute atomic E-state index is 0.0657. The summed E-state index contributed by atoms with van der Waals surface area (Å²) in [4.78, 5) is 0.0931. The third kappa shape index (κ3) is 3.87. The fourth-order valence-electron chi connectivity index (χ4n) is 1.94. The molecule has 0 aliphatic carbocycles. The van der Waals surface area contributed by atoms with Crippen molar-refractivity contribution in [3.63, 3.8) is 0 Å². The lowest BCUT2D eigenvalue weighted by molar-refractivity contribution is 0.324.